The Labute approximate surface area is 159 Å². The average Bonchev–Trinajstić information content (AvgIpc) is 2.70. The third kappa shape index (κ3) is 4.65. The van der Waals surface area contributed by atoms with Gasteiger partial charge in [0.25, 0.3) is 11.8 Å². The molecule has 6 heteroatoms. The van der Waals surface area contributed by atoms with E-state index in [9.17, 15) is 9.59 Å². The van der Waals surface area contributed by atoms with Gasteiger partial charge in [0.2, 0.25) is 0 Å². The van der Waals surface area contributed by atoms with Gasteiger partial charge < -0.3 is 15.4 Å². The van der Waals surface area contributed by atoms with Crippen LogP contribution in [0.1, 0.15) is 35.3 Å². The molecule has 0 spiro atoms. The Morgan fingerprint density at radius 3 is 2.63 bits per heavy atom. The zero-order valence-corrected chi connectivity index (χ0v) is 15.7. The summed E-state index contributed by atoms with van der Waals surface area (Å²) in [4.78, 5) is 26.3. The van der Waals surface area contributed by atoms with Gasteiger partial charge in [-0.15, -0.1) is 0 Å². The van der Waals surface area contributed by atoms with Crippen molar-refractivity contribution in [3.8, 4) is 5.75 Å². The summed E-state index contributed by atoms with van der Waals surface area (Å²) in [5.41, 5.74) is 3.33. The van der Waals surface area contributed by atoms with E-state index < -0.39 is 0 Å². The van der Waals surface area contributed by atoms with E-state index in [1.165, 1.54) is 5.56 Å². The molecule has 0 atom stereocenters. The fourth-order valence-electron chi connectivity index (χ4n) is 3.07. The van der Waals surface area contributed by atoms with Gasteiger partial charge in [-0.3, -0.25) is 14.5 Å². The Morgan fingerprint density at radius 1 is 1.15 bits per heavy atom. The summed E-state index contributed by atoms with van der Waals surface area (Å²) in [7, 11) is 0. The number of amides is 2. The number of rotatable bonds is 7. The quantitative estimate of drug-likeness (QED) is 0.789. The Kier molecular flexibility index (Phi) is 6.08. The van der Waals surface area contributed by atoms with Crippen LogP contribution in [-0.2, 0) is 17.9 Å². The SMILES string of the molecule is CCN(CC)Cc1ccccc1CNC(=O)c1ccc2c(c1)NC(=O)CO2. The summed E-state index contributed by atoms with van der Waals surface area (Å²) >= 11 is 0. The Bertz CT molecular complexity index is 831. The number of fused-ring (bicyclic) bond motifs is 1. The summed E-state index contributed by atoms with van der Waals surface area (Å²) in [6.07, 6.45) is 0. The lowest BCUT2D eigenvalue weighted by atomic mass is 10.1. The van der Waals surface area contributed by atoms with Crippen LogP contribution in [0.25, 0.3) is 0 Å². The molecule has 0 radical (unpaired) electrons. The summed E-state index contributed by atoms with van der Waals surface area (Å²) in [6, 6.07) is 13.2. The molecule has 0 aliphatic carbocycles. The van der Waals surface area contributed by atoms with E-state index in [1.54, 1.807) is 18.2 Å². The Morgan fingerprint density at radius 2 is 1.89 bits per heavy atom. The highest BCUT2D eigenvalue weighted by atomic mass is 16.5. The van der Waals surface area contributed by atoms with Crippen LogP contribution in [0.2, 0.25) is 0 Å². The van der Waals surface area contributed by atoms with E-state index in [1.807, 2.05) is 18.2 Å². The number of nitrogens with one attached hydrogen (secondary N) is 2. The molecule has 0 aromatic heterocycles. The van der Waals surface area contributed by atoms with Gasteiger partial charge in [0.1, 0.15) is 5.75 Å². The van der Waals surface area contributed by atoms with E-state index in [0.29, 0.717) is 23.5 Å². The first-order valence-electron chi connectivity index (χ1n) is 9.24. The maximum absolute atomic E-state index is 12.6. The molecule has 2 aromatic carbocycles. The third-order valence-corrected chi connectivity index (χ3v) is 4.72. The number of anilines is 1. The van der Waals surface area contributed by atoms with Gasteiger partial charge in [0, 0.05) is 18.7 Å². The molecule has 142 valence electrons. The predicted octanol–water partition coefficient (Wildman–Crippen LogP) is 2.79. The molecular formula is C21H25N3O3. The molecule has 27 heavy (non-hydrogen) atoms. The van der Waals surface area contributed by atoms with Gasteiger partial charge in [-0.05, 0) is 42.4 Å². The minimum atomic E-state index is -0.217. The van der Waals surface area contributed by atoms with Crippen LogP contribution in [0.4, 0.5) is 5.69 Å². The Hall–Kier alpha value is -2.86. The van der Waals surface area contributed by atoms with E-state index in [4.69, 9.17) is 4.74 Å². The van der Waals surface area contributed by atoms with Gasteiger partial charge in [0.05, 0.1) is 5.69 Å². The van der Waals surface area contributed by atoms with Crippen LogP contribution in [0.5, 0.6) is 5.75 Å². The molecule has 2 aromatic rings. The highest BCUT2D eigenvalue weighted by molar-refractivity contribution is 5.99. The standard InChI is InChI=1S/C21H25N3O3/c1-3-24(4-2)13-17-8-6-5-7-16(17)12-22-21(26)15-9-10-19-18(11-15)23-20(25)14-27-19/h5-11H,3-4,12-14H2,1-2H3,(H,22,26)(H,23,25). The van der Waals surface area contributed by atoms with Crippen LogP contribution >= 0.6 is 0 Å². The molecule has 1 aliphatic heterocycles. The maximum Gasteiger partial charge on any atom is 0.262 e. The van der Waals surface area contributed by atoms with Crippen LogP contribution in [0, 0.1) is 0 Å². The van der Waals surface area contributed by atoms with E-state index in [0.717, 1.165) is 25.2 Å². The molecule has 3 rings (SSSR count). The normalized spacial score (nSPS) is 12.9. The molecule has 2 amide bonds. The first-order chi connectivity index (χ1) is 13.1. The number of nitrogens with zero attached hydrogens (tertiary/aromatic N) is 1. The largest absolute Gasteiger partial charge is 0.482 e. The first kappa shape index (κ1) is 18.9. The number of ether oxygens (including phenoxy) is 1. The number of carbonyl (C=O) groups excluding carboxylic acids is 2. The van der Waals surface area contributed by atoms with E-state index in [-0.39, 0.29) is 18.4 Å². The lowest BCUT2D eigenvalue weighted by Gasteiger charge is -2.20. The summed E-state index contributed by atoms with van der Waals surface area (Å²) < 4.78 is 5.33. The molecule has 1 aliphatic rings. The van der Waals surface area contributed by atoms with E-state index >= 15 is 0 Å². The van der Waals surface area contributed by atoms with Crippen molar-refractivity contribution in [2.45, 2.75) is 26.9 Å². The van der Waals surface area contributed by atoms with Crippen molar-refractivity contribution < 1.29 is 14.3 Å². The first-order valence-corrected chi connectivity index (χ1v) is 9.24. The number of hydrogen-bond donors (Lipinski definition) is 2. The third-order valence-electron chi connectivity index (χ3n) is 4.72. The topological polar surface area (TPSA) is 70.7 Å². The van der Waals surface area contributed by atoms with Crippen molar-refractivity contribution in [1.82, 2.24) is 10.2 Å². The average molecular weight is 367 g/mol. The monoisotopic (exact) mass is 367 g/mol. The molecule has 2 N–H and O–H groups in total. The molecular weight excluding hydrogens is 342 g/mol. The summed E-state index contributed by atoms with van der Waals surface area (Å²) in [5.74, 6) is 0.177. The molecule has 1 heterocycles. The second kappa shape index (κ2) is 8.68. The highest BCUT2D eigenvalue weighted by Crippen LogP contribution is 2.28. The second-order valence-corrected chi connectivity index (χ2v) is 6.46. The maximum atomic E-state index is 12.6. The Balaban J connectivity index is 1.68. The lowest BCUT2D eigenvalue weighted by Crippen LogP contribution is -2.27. The van der Waals surface area contributed by atoms with Crippen LogP contribution < -0.4 is 15.4 Å². The van der Waals surface area contributed by atoms with Crippen LogP contribution in [-0.4, -0.2) is 36.4 Å². The molecule has 0 fully saturated rings. The van der Waals surface area contributed by atoms with Crippen molar-refractivity contribution in [1.29, 1.82) is 0 Å². The van der Waals surface area contributed by atoms with Crippen molar-refractivity contribution in [3.05, 3.63) is 59.2 Å². The number of hydrogen-bond acceptors (Lipinski definition) is 4. The molecule has 6 nitrogen and oxygen atoms in total. The van der Waals surface area contributed by atoms with Crippen LogP contribution in [0.3, 0.4) is 0 Å². The van der Waals surface area contributed by atoms with Crippen molar-refractivity contribution in [3.63, 3.8) is 0 Å². The van der Waals surface area contributed by atoms with Gasteiger partial charge in [-0.2, -0.15) is 0 Å². The predicted molar refractivity (Wildman–Crippen MR) is 105 cm³/mol. The molecule has 0 saturated heterocycles. The minimum absolute atomic E-state index is 0.00185. The fourth-order valence-corrected chi connectivity index (χ4v) is 3.07. The fraction of sp³-hybridized carbons (Fsp3) is 0.333. The molecule has 0 bridgehead atoms. The lowest BCUT2D eigenvalue weighted by molar-refractivity contribution is -0.118. The molecule has 0 unspecified atom stereocenters. The van der Waals surface area contributed by atoms with Crippen LogP contribution in [0.15, 0.2) is 42.5 Å². The number of carbonyl (C=O) groups is 2. The summed E-state index contributed by atoms with van der Waals surface area (Å²) in [5, 5.41) is 5.70. The molecule has 0 saturated carbocycles. The van der Waals surface area contributed by atoms with E-state index in [2.05, 4.69) is 35.4 Å². The van der Waals surface area contributed by atoms with Gasteiger partial charge in [-0.25, -0.2) is 0 Å². The van der Waals surface area contributed by atoms with Gasteiger partial charge in [0.15, 0.2) is 6.61 Å². The minimum Gasteiger partial charge on any atom is -0.482 e. The second-order valence-electron chi connectivity index (χ2n) is 6.46. The van der Waals surface area contributed by atoms with Gasteiger partial charge in [-0.1, -0.05) is 38.1 Å². The van der Waals surface area contributed by atoms with Crippen molar-refractivity contribution in [2.75, 3.05) is 25.0 Å². The summed E-state index contributed by atoms with van der Waals surface area (Å²) in [6.45, 7) is 7.58. The smallest absolute Gasteiger partial charge is 0.262 e. The zero-order valence-electron chi connectivity index (χ0n) is 15.7. The van der Waals surface area contributed by atoms with Gasteiger partial charge >= 0.3 is 0 Å². The zero-order chi connectivity index (χ0) is 19.2. The highest BCUT2D eigenvalue weighted by Gasteiger charge is 2.18. The van der Waals surface area contributed by atoms with Crippen molar-refractivity contribution >= 4 is 17.5 Å². The number of benzene rings is 2. The van der Waals surface area contributed by atoms with Crippen molar-refractivity contribution in [2.24, 2.45) is 0 Å².